The molecule has 0 radical (unpaired) electrons. The number of aromatic nitrogens is 3. The standard InChI is InChI=1S/C13H17N5OS/c1-18(2)11-5-3-10(4-6-11)7-14-12(19)8-20-13-15-9-16-17-13/h3-6,9H,7-8H2,1-2H3,(H,14,19)(H,15,16,17). The Morgan fingerprint density at radius 3 is 2.70 bits per heavy atom. The van der Waals surface area contributed by atoms with Crippen LogP contribution in [0.15, 0.2) is 35.7 Å². The van der Waals surface area contributed by atoms with Gasteiger partial charge in [0.1, 0.15) is 6.33 Å². The first kappa shape index (κ1) is 14.4. The maximum Gasteiger partial charge on any atom is 0.230 e. The van der Waals surface area contributed by atoms with Crippen molar-refractivity contribution in [2.75, 3.05) is 24.7 Å². The van der Waals surface area contributed by atoms with E-state index >= 15 is 0 Å². The molecular weight excluding hydrogens is 274 g/mol. The third-order valence-corrected chi connectivity index (χ3v) is 3.55. The number of hydrogen-bond donors (Lipinski definition) is 2. The number of nitrogens with one attached hydrogen (secondary N) is 2. The summed E-state index contributed by atoms with van der Waals surface area (Å²) in [6, 6.07) is 8.09. The Morgan fingerprint density at radius 1 is 1.35 bits per heavy atom. The summed E-state index contributed by atoms with van der Waals surface area (Å²) in [5.74, 6) is 0.299. The Hall–Kier alpha value is -2.02. The van der Waals surface area contributed by atoms with Gasteiger partial charge < -0.3 is 10.2 Å². The van der Waals surface area contributed by atoms with Crippen molar-refractivity contribution < 1.29 is 4.79 Å². The molecule has 2 aromatic rings. The molecule has 0 unspecified atom stereocenters. The van der Waals surface area contributed by atoms with Gasteiger partial charge in [-0.1, -0.05) is 23.9 Å². The van der Waals surface area contributed by atoms with Crippen LogP contribution in [0.2, 0.25) is 0 Å². The molecule has 0 saturated carbocycles. The van der Waals surface area contributed by atoms with Crippen LogP contribution in [0.4, 0.5) is 5.69 Å². The van der Waals surface area contributed by atoms with Crippen molar-refractivity contribution in [2.24, 2.45) is 0 Å². The van der Waals surface area contributed by atoms with Crippen molar-refractivity contribution in [3.63, 3.8) is 0 Å². The van der Waals surface area contributed by atoms with Crippen molar-refractivity contribution >= 4 is 23.4 Å². The normalized spacial score (nSPS) is 10.3. The van der Waals surface area contributed by atoms with Crippen LogP contribution in [-0.2, 0) is 11.3 Å². The number of nitrogens with zero attached hydrogens (tertiary/aromatic N) is 3. The molecule has 1 amide bonds. The molecule has 1 aromatic heterocycles. The average molecular weight is 291 g/mol. The lowest BCUT2D eigenvalue weighted by Gasteiger charge is -2.12. The second-order valence-electron chi connectivity index (χ2n) is 4.42. The first-order chi connectivity index (χ1) is 9.65. The van der Waals surface area contributed by atoms with E-state index in [0.29, 0.717) is 17.5 Å². The van der Waals surface area contributed by atoms with Gasteiger partial charge >= 0.3 is 0 Å². The highest BCUT2D eigenvalue weighted by atomic mass is 32.2. The van der Waals surface area contributed by atoms with Crippen LogP contribution in [0.1, 0.15) is 5.56 Å². The summed E-state index contributed by atoms with van der Waals surface area (Å²) in [7, 11) is 4.00. The van der Waals surface area contributed by atoms with Crippen molar-refractivity contribution in [3.8, 4) is 0 Å². The molecule has 2 rings (SSSR count). The lowest BCUT2D eigenvalue weighted by Crippen LogP contribution is -2.24. The highest BCUT2D eigenvalue weighted by Gasteiger charge is 2.04. The van der Waals surface area contributed by atoms with Crippen LogP contribution in [-0.4, -0.2) is 40.9 Å². The van der Waals surface area contributed by atoms with Crippen molar-refractivity contribution in [3.05, 3.63) is 36.2 Å². The number of hydrogen-bond acceptors (Lipinski definition) is 5. The van der Waals surface area contributed by atoms with Gasteiger partial charge in [-0.05, 0) is 17.7 Å². The van der Waals surface area contributed by atoms with Gasteiger partial charge in [0, 0.05) is 26.3 Å². The van der Waals surface area contributed by atoms with E-state index in [-0.39, 0.29) is 5.91 Å². The zero-order valence-electron chi connectivity index (χ0n) is 11.5. The average Bonchev–Trinajstić information content (AvgIpc) is 2.96. The van der Waals surface area contributed by atoms with Crippen LogP contribution in [0, 0.1) is 0 Å². The lowest BCUT2D eigenvalue weighted by atomic mass is 10.2. The van der Waals surface area contributed by atoms with Gasteiger partial charge in [-0.25, -0.2) is 4.98 Å². The molecule has 0 atom stereocenters. The minimum Gasteiger partial charge on any atom is -0.378 e. The van der Waals surface area contributed by atoms with Crippen LogP contribution in [0.5, 0.6) is 0 Å². The number of benzene rings is 1. The fourth-order valence-corrected chi connectivity index (χ4v) is 2.17. The summed E-state index contributed by atoms with van der Waals surface area (Å²) in [5.41, 5.74) is 2.22. The molecule has 0 aliphatic rings. The second kappa shape index (κ2) is 6.95. The quantitative estimate of drug-likeness (QED) is 0.784. The van der Waals surface area contributed by atoms with Crippen molar-refractivity contribution in [1.82, 2.24) is 20.5 Å². The summed E-state index contributed by atoms with van der Waals surface area (Å²) in [5, 5.41) is 9.95. The molecule has 0 fully saturated rings. The van der Waals surface area contributed by atoms with Gasteiger partial charge in [0.05, 0.1) is 5.75 Å². The molecule has 6 nitrogen and oxygen atoms in total. The number of H-pyrrole nitrogens is 1. The minimum atomic E-state index is -0.0249. The molecule has 0 spiro atoms. The van der Waals surface area contributed by atoms with Gasteiger partial charge in [-0.3, -0.25) is 9.89 Å². The van der Waals surface area contributed by atoms with Gasteiger partial charge in [0.2, 0.25) is 5.91 Å². The molecule has 0 aliphatic carbocycles. The second-order valence-corrected chi connectivity index (χ2v) is 5.38. The van der Waals surface area contributed by atoms with E-state index in [0.717, 1.165) is 11.3 Å². The number of thioether (sulfide) groups is 1. The summed E-state index contributed by atoms with van der Waals surface area (Å²) in [6.07, 6.45) is 1.42. The van der Waals surface area contributed by atoms with Crippen LogP contribution in [0.3, 0.4) is 0 Å². The molecular formula is C13H17N5OS. The van der Waals surface area contributed by atoms with E-state index in [4.69, 9.17) is 0 Å². The third kappa shape index (κ3) is 4.27. The Labute approximate surface area is 122 Å². The molecule has 20 heavy (non-hydrogen) atoms. The molecule has 106 valence electrons. The van der Waals surface area contributed by atoms with E-state index in [2.05, 4.69) is 20.5 Å². The minimum absolute atomic E-state index is 0.0249. The molecule has 0 bridgehead atoms. The lowest BCUT2D eigenvalue weighted by molar-refractivity contribution is -0.118. The molecule has 2 N–H and O–H groups in total. The smallest absolute Gasteiger partial charge is 0.230 e. The van der Waals surface area contributed by atoms with E-state index in [9.17, 15) is 4.79 Å². The zero-order chi connectivity index (χ0) is 14.4. The van der Waals surface area contributed by atoms with E-state index < -0.39 is 0 Å². The monoisotopic (exact) mass is 291 g/mol. The maximum absolute atomic E-state index is 11.7. The SMILES string of the molecule is CN(C)c1ccc(CNC(=O)CSc2ncn[nH]2)cc1. The molecule has 1 aromatic carbocycles. The maximum atomic E-state index is 11.7. The number of anilines is 1. The molecule has 1 heterocycles. The van der Waals surface area contributed by atoms with E-state index in [1.54, 1.807) is 0 Å². The Balaban J connectivity index is 1.75. The number of carbonyl (C=O) groups is 1. The number of carbonyl (C=O) groups excluding carboxylic acids is 1. The van der Waals surface area contributed by atoms with Gasteiger partial charge in [0.15, 0.2) is 5.16 Å². The van der Waals surface area contributed by atoms with Crippen LogP contribution in [0.25, 0.3) is 0 Å². The summed E-state index contributed by atoms with van der Waals surface area (Å²) < 4.78 is 0. The van der Waals surface area contributed by atoms with E-state index in [1.807, 2.05) is 43.3 Å². The number of amides is 1. The Morgan fingerprint density at radius 2 is 2.10 bits per heavy atom. The van der Waals surface area contributed by atoms with Crippen LogP contribution < -0.4 is 10.2 Å². The fraction of sp³-hybridized carbons (Fsp3) is 0.308. The predicted molar refractivity (Wildman–Crippen MR) is 79.7 cm³/mol. The van der Waals surface area contributed by atoms with Crippen molar-refractivity contribution in [1.29, 1.82) is 0 Å². The first-order valence-corrected chi connectivity index (χ1v) is 7.15. The highest BCUT2D eigenvalue weighted by Crippen LogP contribution is 2.12. The predicted octanol–water partition coefficient (Wildman–Crippen LogP) is 1.28. The van der Waals surface area contributed by atoms with Crippen LogP contribution >= 0.6 is 11.8 Å². The topological polar surface area (TPSA) is 73.9 Å². The molecule has 7 heteroatoms. The van der Waals surface area contributed by atoms with E-state index in [1.165, 1.54) is 18.1 Å². The zero-order valence-corrected chi connectivity index (χ0v) is 12.3. The van der Waals surface area contributed by atoms with Gasteiger partial charge in [-0.15, -0.1) is 0 Å². The fourth-order valence-electron chi connectivity index (χ4n) is 1.56. The van der Waals surface area contributed by atoms with Gasteiger partial charge in [-0.2, -0.15) is 5.10 Å². The number of rotatable bonds is 6. The first-order valence-electron chi connectivity index (χ1n) is 6.16. The Bertz CT molecular complexity index is 538. The largest absolute Gasteiger partial charge is 0.378 e. The molecule has 0 aliphatic heterocycles. The highest BCUT2D eigenvalue weighted by molar-refractivity contribution is 7.99. The summed E-state index contributed by atoms with van der Waals surface area (Å²) >= 11 is 1.33. The van der Waals surface area contributed by atoms with Crippen molar-refractivity contribution in [2.45, 2.75) is 11.7 Å². The summed E-state index contributed by atoms with van der Waals surface area (Å²) in [4.78, 5) is 17.7. The third-order valence-electron chi connectivity index (χ3n) is 2.68. The summed E-state index contributed by atoms with van der Waals surface area (Å²) in [6.45, 7) is 0.531. The Kier molecular flexibility index (Phi) is 5.00. The number of aromatic amines is 1. The molecule has 0 saturated heterocycles. The van der Waals surface area contributed by atoms with Gasteiger partial charge in [0.25, 0.3) is 0 Å².